The summed E-state index contributed by atoms with van der Waals surface area (Å²) in [5, 5.41) is 0.602. The van der Waals surface area contributed by atoms with Crippen LogP contribution < -0.4 is 4.74 Å². The fraction of sp³-hybridized carbons (Fsp3) is 0.0455. The van der Waals surface area contributed by atoms with Gasteiger partial charge in [0, 0.05) is 16.8 Å². The number of ether oxygens (including phenoxy) is 1. The first kappa shape index (κ1) is 18.2. The number of hydrogen-bond donors (Lipinski definition) is 0. The molecule has 0 fully saturated rings. The molecule has 0 atom stereocenters. The third-order valence-corrected chi connectivity index (χ3v) is 4.60. The average molecular weight is 397 g/mol. The zero-order valence-electron chi connectivity index (χ0n) is 14.7. The van der Waals surface area contributed by atoms with E-state index in [0.29, 0.717) is 22.1 Å². The molecule has 4 rings (SSSR count). The van der Waals surface area contributed by atoms with Gasteiger partial charge in [-0.3, -0.25) is 4.40 Å². The maximum atomic E-state index is 13.9. The minimum absolute atomic E-state index is 0.130. The van der Waals surface area contributed by atoms with Crippen molar-refractivity contribution in [1.29, 1.82) is 0 Å². The molecule has 4 aromatic rings. The zero-order valence-corrected chi connectivity index (χ0v) is 15.5. The van der Waals surface area contributed by atoms with Gasteiger partial charge in [0.15, 0.2) is 11.4 Å². The van der Waals surface area contributed by atoms with E-state index in [2.05, 4.69) is 11.6 Å². The lowest BCUT2D eigenvalue weighted by atomic mass is 10.1. The maximum Gasteiger partial charge on any atom is 0.180 e. The van der Waals surface area contributed by atoms with Crippen molar-refractivity contribution in [3.05, 3.63) is 95.3 Å². The largest absolute Gasteiger partial charge is 0.485 e. The first-order valence-electron chi connectivity index (χ1n) is 8.53. The molecule has 2 aromatic heterocycles. The number of benzene rings is 2. The van der Waals surface area contributed by atoms with Crippen molar-refractivity contribution >= 4 is 23.3 Å². The molecule has 140 valence electrons. The van der Waals surface area contributed by atoms with Crippen molar-refractivity contribution in [3.63, 3.8) is 0 Å². The number of nitrogens with zero attached hydrogens (tertiary/aromatic N) is 2. The van der Waals surface area contributed by atoms with Crippen molar-refractivity contribution in [1.82, 2.24) is 9.38 Å². The summed E-state index contributed by atoms with van der Waals surface area (Å²) < 4.78 is 35.3. The van der Waals surface area contributed by atoms with Crippen LogP contribution >= 0.6 is 11.6 Å². The smallest absolute Gasteiger partial charge is 0.180 e. The second-order valence-electron chi connectivity index (χ2n) is 6.12. The summed E-state index contributed by atoms with van der Waals surface area (Å²) in [6.07, 6.45) is 3.48. The lowest BCUT2D eigenvalue weighted by Gasteiger charge is -2.10. The third-order valence-electron chi connectivity index (χ3n) is 4.37. The fourth-order valence-electron chi connectivity index (χ4n) is 3.06. The van der Waals surface area contributed by atoms with Crippen LogP contribution in [0.25, 0.3) is 23.0 Å². The van der Waals surface area contributed by atoms with E-state index in [1.54, 1.807) is 24.3 Å². The zero-order chi connectivity index (χ0) is 19.7. The van der Waals surface area contributed by atoms with E-state index in [0.717, 1.165) is 11.3 Å². The van der Waals surface area contributed by atoms with Gasteiger partial charge in [-0.1, -0.05) is 36.4 Å². The molecule has 0 saturated carbocycles. The monoisotopic (exact) mass is 396 g/mol. The molecule has 0 spiro atoms. The highest BCUT2D eigenvalue weighted by Gasteiger charge is 2.16. The fourth-order valence-corrected chi connectivity index (χ4v) is 3.25. The molecule has 2 heterocycles. The first-order chi connectivity index (χ1) is 13.6. The molecule has 0 aliphatic rings. The Morgan fingerprint density at radius 2 is 1.82 bits per heavy atom. The Morgan fingerprint density at radius 1 is 1.07 bits per heavy atom. The Morgan fingerprint density at radius 3 is 2.54 bits per heavy atom. The Balaban J connectivity index is 1.78. The molecule has 28 heavy (non-hydrogen) atoms. The molecule has 0 amide bonds. The Kier molecular flexibility index (Phi) is 4.84. The molecule has 0 saturated heterocycles. The van der Waals surface area contributed by atoms with Crippen LogP contribution in [-0.4, -0.2) is 9.38 Å². The van der Waals surface area contributed by atoms with Gasteiger partial charge in [0.1, 0.15) is 18.2 Å². The number of fused-ring (bicyclic) bond motifs is 1. The second kappa shape index (κ2) is 7.44. The van der Waals surface area contributed by atoms with Gasteiger partial charge in [0.2, 0.25) is 0 Å². The van der Waals surface area contributed by atoms with Crippen LogP contribution in [0.3, 0.4) is 0 Å². The quantitative estimate of drug-likeness (QED) is 0.404. The minimum Gasteiger partial charge on any atom is -0.485 e. The van der Waals surface area contributed by atoms with Gasteiger partial charge in [-0.05, 0) is 42.5 Å². The van der Waals surface area contributed by atoms with Gasteiger partial charge in [0.05, 0.1) is 17.0 Å². The number of hydrogen-bond acceptors (Lipinski definition) is 2. The van der Waals surface area contributed by atoms with Crippen LogP contribution in [0.1, 0.15) is 11.3 Å². The number of pyridine rings is 1. The molecule has 2 aromatic carbocycles. The van der Waals surface area contributed by atoms with Crippen LogP contribution in [0.2, 0.25) is 5.02 Å². The second-order valence-corrected chi connectivity index (χ2v) is 6.55. The predicted molar refractivity (Wildman–Crippen MR) is 106 cm³/mol. The van der Waals surface area contributed by atoms with Crippen LogP contribution in [0.15, 0.2) is 67.4 Å². The third kappa shape index (κ3) is 3.25. The van der Waals surface area contributed by atoms with E-state index in [4.69, 9.17) is 16.3 Å². The average Bonchev–Trinajstić information content (AvgIpc) is 3.07. The van der Waals surface area contributed by atoms with Crippen molar-refractivity contribution in [2.24, 2.45) is 0 Å². The molecule has 0 unspecified atom stereocenters. The lowest BCUT2D eigenvalue weighted by molar-refractivity contribution is 0.294. The predicted octanol–water partition coefficient (Wildman–Crippen LogP) is 6.15. The van der Waals surface area contributed by atoms with Crippen LogP contribution in [0, 0.1) is 11.6 Å². The standard InChI is InChI=1S/C22H15ClF2N2O/c1-2-19-21(14-6-3-7-15(23)12-14)27-11-5-10-20(22(27)26-19)28-13-16-17(24)8-4-9-18(16)25/h2-12H,1,13H2. The summed E-state index contributed by atoms with van der Waals surface area (Å²) in [6, 6.07) is 14.6. The van der Waals surface area contributed by atoms with E-state index in [9.17, 15) is 8.78 Å². The summed E-state index contributed by atoms with van der Waals surface area (Å²) >= 11 is 6.14. The van der Waals surface area contributed by atoms with Gasteiger partial charge in [-0.2, -0.15) is 0 Å². The molecular weight excluding hydrogens is 382 g/mol. The topological polar surface area (TPSA) is 26.5 Å². The number of rotatable bonds is 5. The van der Waals surface area contributed by atoms with E-state index < -0.39 is 11.6 Å². The molecule has 6 heteroatoms. The van der Waals surface area contributed by atoms with Gasteiger partial charge >= 0.3 is 0 Å². The molecule has 0 aliphatic carbocycles. The van der Waals surface area contributed by atoms with Crippen molar-refractivity contribution in [2.75, 3.05) is 0 Å². The summed E-state index contributed by atoms with van der Waals surface area (Å²) in [6.45, 7) is 3.58. The molecule has 0 N–H and O–H groups in total. The van der Waals surface area contributed by atoms with E-state index >= 15 is 0 Å². The van der Waals surface area contributed by atoms with E-state index in [1.807, 2.05) is 28.8 Å². The molecule has 0 aliphatic heterocycles. The van der Waals surface area contributed by atoms with Crippen molar-refractivity contribution < 1.29 is 13.5 Å². The Bertz CT molecular complexity index is 1170. The van der Waals surface area contributed by atoms with Crippen LogP contribution in [0.4, 0.5) is 8.78 Å². The number of halogens is 3. The van der Waals surface area contributed by atoms with Crippen LogP contribution in [-0.2, 0) is 6.61 Å². The van der Waals surface area contributed by atoms with Gasteiger partial charge < -0.3 is 4.74 Å². The highest BCUT2D eigenvalue weighted by Crippen LogP contribution is 2.31. The highest BCUT2D eigenvalue weighted by molar-refractivity contribution is 6.30. The highest BCUT2D eigenvalue weighted by atomic mass is 35.5. The Hall–Kier alpha value is -3.18. The van der Waals surface area contributed by atoms with Crippen LogP contribution in [0.5, 0.6) is 5.75 Å². The minimum atomic E-state index is -0.651. The summed E-state index contributed by atoms with van der Waals surface area (Å²) in [5.74, 6) is -0.898. The SMILES string of the molecule is C=Cc1nc2c(OCc3c(F)cccc3F)cccn2c1-c1cccc(Cl)c1. The summed E-state index contributed by atoms with van der Waals surface area (Å²) in [5.41, 5.74) is 2.71. The van der Waals surface area contributed by atoms with Gasteiger partial charge in [-0.15, -0.1) is 0 Å². The molecule has 0 radical (unpaired) electrons. The first-order valence-corrected chi connectivity index (χ1v) is 8.91. The normalized spacial score (nSPS) is 11.0. The number of aromatic nitrogens is 2. The molecule has 3 nitrogen and oxygen atoms in total. The van der Waals surface area contributed by atoms with Crippen molar-refractivity contribution in [3.8, 4) is 17.0 Å². The van der Waals surface area contributed by atoms with E-state index in [-0.39, 0.29) is 12.2 Å². The lowest BCUT2D eigenvalue weighted by Crippen LogP contribution is -2.03. The molecule has 0 bridgehead atoms. The summed E-state index contributed by atoms with van der Waals surface area (Å²) in [4.78, 5) is 4.58. The van der Waals surface area contributed by atoms with Gasteiger partial charge in [-0.25, -0.2) is 13.8 Å². The maximum absolute atomic E-state index is 13.9. The van der Waals surface area contributed by atoms with E-state index in [1.165, 1.54) is 18.2 Å². The molecular formula is C22H15ClF2N2O. The number of imidazole rings is 1. The Labute approximate surface area is 165 Å². The van der Waals surface area contributed by atoms with Crippen molar-refractivity contribution in [2.45, 2.75) is 6.61 Å². The summed E-state index contributed by atoms with van der Waals surface area (Å²) in [7, 11) is 0. The van der Waals surface area contributed by atoms with Gasteiger partial charge in [0.25, 0.3) is 0 Å².